The van der Waals surface area contributed by atoms with Gasteiger partial charge in [0.2, 0.25) is 0 Å². The van der Waals surface area contributed by atoms with E-state index in [0.29, 0.717) is 12.3 Å². The van der Waals surface area contributed by atoms with Gasteiger partial charge in [0.15, 0.2) is 0 Å². The van der Waals surface area contributed by atoms with Gasteiger partial charge in [-0.1, -0.05) is 69.7 Å². The van der Waals surface area contributed by atoms with Gasteiger partial charge in [0.1, 0.15) is 6.10 Å². The molecule has 1 saturated heterocycles. The van der Waals surface area contributed by atoms with Crippen molar-refractivity contribution >= 4 is 0 Å². The average Bonchev–Trinajstić information content (AvgIpc) is 3.08. The van der Waals surface area contributed by atoms with Crippen LogP contribution < -0.4 is 0 Å². The molecule has 0 amide bonds. The Balaban J connectivity index is 2.77. The summed E-state index contributed by atoms with van der Waals surface area (Å²) in [5.74, 6) is 0.372. The van der Waals surface area contributed by atoms with Crippen molar-refractivity contribution in [2.24, 2.45) is 5.92 Å². The topological polar surface area (TPSA) is 53.2 Å². The minimum Gasteiger partial charge on any atom is -0.388 e. The Morgan fingerprint density at radius 1 is 1.15 bits per heavy atom. The molecule has 3 nitrogen and oxygen atoms in total. The number of rotatable bonds is 8. The van der Waals surface area contributed by atoms with Crippen molar-refractivity contribution < 1.29 is 9.84 Å². The van der Waals surface area contributed by atoms with E-state index >= 15 is 0 Å². The lowest BCUT2D eigenvalue weighted by atomic mass is 9.76. The highest BCUT2D eigenvalue weighted by molar-refractivity contribution is 5.57. The molecule has 0 radical (unpaired) electrons. The summed E-state index contributed by atoms with van der Waals surface area (Å²) in [6, 6.07) is 10.6. The highest BCUT2D eigenvalue weighted by Crippen LogP contribution is 2.54. The second-order valence-corrected chi connectivity index (χ2v) is 10.7. The molecular weight excluding hydrogens is 406 g/mol. The molecule has 1 heterocycles. The first-order valence-corrected chi connectivity index (χ1v) is 12.3. The number of benzene rings is 1. The van der Waals surface area contributed by atoms with Gasteiger partial charge in [0.25, 0.3) is 0 Å². The van der Waals surface area contributed by atoms with E-state index < -0.39 is 17.1 Å². The van der Waals surface area contributed by atoms with Gasteiger partial charge in [0.05, 0.1) is 23.2 Å². The Labute approximate surface area is 201 Å². The van der Waals surface area contributed by atoms with Gasteiger partial charge >= 0.3 is 0 Å². The number of nitriles is 1. The van der Waals surface area contributed by atoms with E-state index in [4.69, 9.17) is 4.74 Å². The number of allylic oxidation sites excluding steroid dienone is 1. The van der Waals surface area contributed by atoms with Crippen LogP contribution in [0.15, 0.2) is 58.7 Å². The van der Waals surface area contributed by atoms with E-state index in [-0.39, 0.29) is 6.10 Å². The number of aliphatic hydroxyl groups is 1. The highest BCUT2D eigenvalue weighted by atomic mass is 16.5. The molecule has 2 unspecified atom stereocenters. The summed E-state index contributed by atoms with van der Waals surface area (Å²) in [6.07, 6.45) is 1.52. The predicted octanol–water partition coefficient (Wildman–Crippen LogP) is 7.73. The number of nitrogens with zero attached hydrogens (tertiary/aromatic N) is 1. The van der Waals surface area contributed by atoms with Gasteiger partial charge in [-0.05, 0) is 87.6 Å². The molecule has 3 heteroatoms. The van der Waals surface area contributed by atoms with Gasteiger partial charge in [-0.2, -0.15) is 5.26 Å². The minimum atomic E-state index is -0.578. The van der Waals surface area contributed by atoms with E-state index in [1.807, 2.05) is 32.9 Å². The summed E-state index contributed by atoms with van der Waals surface area (Å²) in [5, 5.41) is 20.8. The lowest BCUT2D eigenvalue weighted by Gasteiger charge is -2.32. The molecule has 1 aromatic carbocycles. The first kappa shape index (κ1) is 27.1. The second-order valence-electron chi connectivity index (χ2n) is 10.7. The fourth-order valence-electron chi connectivity index (χ4n) is 5.00. The van der Waals surface area contributed by atoms with Crippen LogP contribution in [0.5, 0.6) is 0 Å². The molecular formula is C30H43NO2. The largest absolute Gasteiger partial charge is 0.388 e. The average molecular weight is 450 g/mol. The van der Waals surface area contributed by atoms with Crippen molar-refractivity contribution in [1.82, 2.24) is 0 Å². The van der Waals surface area contributed by atoms with Crippen molar-refractivity contribution in [3.8, 4) is 6.07 Å². The maximum absolute atomic E-state index is 11.3. The summed E-state index contributed by atoms with van der Waals surface area (Å²) >= 11 is 0. The fourth-order valence-corrected chi connectivity index (χ4v) is 5.00. The number of hydrogen-bond donors (Lipinski definition) is 1. The van der Waals surface area contributed by atoms with E-state index in [9.17, 15) is 10.4 Å². The minimum absolute atomic E-state index is 0.218. The Morgan fingerprint density at radius 2 is 1.70 bits per heavy atom. The van der Waals surface area contributed by atoms with E-state index in [1.54, 1.807) is 0 Å². The van der Waals surface area contributed by atoms with Gasteiger partial charge in [-0.25, -0.2) is 0 Å². The van der Waals surface area contributed by atoms with Crippen LogP contribution in [0.2, 0.25) is 0 Å². The molecule has 2 rings (SSSR count). The van der Waals surface area contributed by atoms with E-state index in [2.05, 4.69) is 66.3 Å². The number of ether oxygens (including phenoxy) is 1. The standard InChI is InChI=1S/C30H43NO2/c1-11-30(12-2)27(25(20(5)6)24(32)17-19(3)4)26(21(7)8)28(33-30)22-13-15-23(16-14-22)29(9,10)18-31/h13-16,19,24,28,32H,5,11-12,17H2,1-4,6-10H3. The molecule has 0 spiro atoms. The molecule has 1 N–H and O–H groups in total. The van der Waals surface area contributed by atoms with Crippen molar-refractivity contribution in [2.45, 2.75) is 105 Å². The number of aliphatic hydroxyl groups excluding tert-OH is 1. The van der Waals surface area contributed by atoms with Crippen molar-refractivity contribution in [3.05, 3.63) is 69.8 Å². The zero-order valence-electron chi connectivity index (χ0n) is 22.2. The summed E-state index contributed by atoms with van der Waals surface area (Å²) in [6.45, 7) is 23.0. The van der Waals surface area contributed by atoms with Crippen molar-refractivity contribution in [3.63, 3.8) is 0 Å². The lowest BCUT2D eigenvalue weighted by Crippen LogP contribution is -2.31. The van der Waals surface area contributed by atoms with Crippen molar-refractivity contribution in [2.75, 3.05) is 0 Å². The van der Waals surface area contributed by atoms with Crippen LogP contribution in [0.3, 0.4) is 0 Å². The molecule has 1 aromatic rings. The zero-order valence-corrected chi connectivity index (χ0v) is 22.2. The Kier molecular flexibility index (Phi) is 8.55. The van der Waals surface area contributed by atoms with Crippen molar-refractivity contribution in [1.29, 1.82) is 5.26 Å². The fraction of sp³-hybridized carbons (Fsp3) is 0.567. The molecule has 1 aliphatic rings. The SMILES string of the molecule is C=C(C)C(=C1C(=C(C)C)C(c2ccc(C(C)(C)C#N)cc2)OC1(CC)CC)C(O)CC(C)C. The molecule has 33 heavy (non-hydrogen) atoms. The predicted molar refractivity (Wildman–Crippen MR) is 138 cm³/mol. The smallest absolute Gasteiger partial charge is 0.109 e. The van der Waals surface area contributed by atoms with Crippen LogP contribution in [0.25, 0.3) is 0 Å². The molecule has 1 fully saturated rings. The third-order valence-electron chi connectivity index (χ3n) is 6.98. The van der Waals surface area contributed by atoms with Gasteiger partial charge in [-0.3, -0.25) is 0 Å². The number of hydrogen-bond acceptors (Lipinski definition) is 3. The van der Waals surface area contributed by atoms with Crippen LogP contribution >= 0.6 is 0 Å². The monoisotopic (exact) mass is 449 g/mol. The van der Waals surface area contributed by atoms with Crippen LogP contribution in [-0.2, 0) is 10.2 Å². The van der Waals surface area contributed by atoms with Gasteiger partial charge < -0.3 is 9.84 Å². The van der Waals surface area contributed by atoms with Crippen LogP contribution in [0, 0.1) is 17.2 Å². The second kappa shape index (κ2) is 10.4. The zero-order chi connectivity index (χ0) is 25.1. The van der Waals surface area contributed by atoms with E-state index in [1.165, 1.54) is 5.57 Å². The summed E-state index contributed by atoms with van der Waals surface area (Å²) in [4.78, 5) is 0. The Bertz CT molecular complexity index is 962. The van der Waals surface area contributed by atoms with Crippen LogP contribution in [-0.4, -0.2) is 16.8 Å². The van der Waals surface area contributed by atoms with Crippen LogP contribution in [0.4, 0.5) is 0 Å². The lowest BCUT2D eigenvalue weighted by molar-refractivity contribution is -0.0288. The van der Waals surface area contributed by atoms with Crippen LogP contribution in [0.1, 0.15) is 98.8 Å². The molecule has 0 bridgehead atoms. The maximum Gasteiger partial charge on any atom is 0.109 e. The molecule has 0 aliphatic carbocycles. The summed E-state index contributed by atoms with van der Waals surface area (Å²) in [5.41, 5.74) is 6.37. The molecule has 0 aromatic heterocycles. The first-order valence-electron chi connectivity index (χ1n) is 12.3. The van der Waals surface area contributed by atoms with Gasteiger partial charge in [-0.15, -0.1) is 0 Å². The Hall–Kier alpha value is -2.15. The molecule has 0 saturated carbocycles. The normalized spacial score (nSPS) is 20.5. The highest BCUT2D eigenvalue weighted by Gasteiger charge is 2.48. The van der Waals surface area contributed by atoms with E-state index in [0.717, 1.165) is 46.3 Å². The Morgan fingerprint density at radius 3 is 2.09 bits per heavy atom. The summed E-state index contributed by atoms with van der Waals surface area (Å²) < 4.78 is 6.93. The third-order valence-corrected chi connectivity index (χ3v) is 6.98. The van der Waals surface area contributed by atoms with Gasteiger partial charge in [0, 0.05) is 0 Å². The molecule has 1 aliphatic heterocycles. The molecule has 180 valence electrons. The maximum atomic E-state index is 11.3. The molecule has 2 atom stereocenters. The first-order chi connectivity index (χ1) is 15.3. The quantitative estimate of drug-likeness (QED) is 0.442. The summed E-state index contributed by atoms with van der Waals surface area (Å²) in [7, 11) is 0. The third kappa shape index (κ3) is 5.34.